The molecule has 23 heavy (non-hydrogen) atoms. The molecule has 2 aromatic rings. The van der Waals surface area contributed by atoms with E-state index >= 15 is 0 Å². The number of carboxylic acid groups (broad SMARTS) is 1. The van der Waals surface area contributed by atoms with Crippen molar-refractivity contribution in [3.8, 4) is 5.75 Å². The number of ether oxygens (including phenoxy) is 1. The van der Waals surface area contributed by atoms with Gasteiger partial charge in [-0.2, -0.15) is 8.78 Å². The number of hydrogen-bond donors (Lipinski definition) is 2. The molecule has 0 spiro atoms. The van der Waals surface area contributed by atoms with Crippen LogP contribution in [0.1, 0.15) is 40.1 Å². The normalized spacial score (nSPS) is 12.2. The van der Waals surface area contributed by atoms with Gasteiger partial charge in [0, 0.05) is 12.0 Å². The molecule has 0 heterocycles. The van der Waals surface area contributed by atoms with Crippen LogP contribution in [0.15, 0.2) is 42.5 Å². The van der Waals surface area contributed by atoms with Crippen molar-refractivity contribution in [3.63, 3.8) is 0 Å². The van der Waals surface area contributed by atoms with Crippen molar-refractivity contribution in [1.82, 2.24) is 0 Å². The molecule has 0 radical (unpaired) electrons. The van der Waals surface area contributed by atoms with E-state index in [0.717, 1.165) is 5.56 Å². The number of aliphatic hydroxyl groups is 1. The molecule has 0 amide bonds. The Hall–Kier alpha value is -2.47. The van der Waals surface area contributed by atoms with Crippen LogP contribution in [0.4, 0.5) is 8.78 Å². The lowest BCUT2D eigenvalue weighted by Crippen LogP contribution is -2.09. The van der Waals surface area contributed by atoms with Gasteiger partial charge in [-0.25, -0.2) is 4.79 Å². The van der Waals surface area contributed by atoms with Gasteiger partial charge in [0.15, 0.2) is 0 Å². The van der Waals surface area contributed by atoms with Crippen LogP contribution in [0.25, 0.3) is 0 Å². The topological polar surface area (TPSA) is 66.8 Å². The first-order valence-corrected chi connectivity index (χ1v) is 6.95. The van der Waals surface area contributed by atoms with Gasteiger partial charge in [0.05, 0.1) is 11.7 Å². The summed E-state index contributed by atoms with van der Waals surface area (Å²) in [7, 11) is 0. The minimum absolute atomic E-state index is 0.0808. The third-order valence-electron chi connectivity index (χ3n) is 3.42. The monoisotopic (exact) mass is 322 g/mol. The van der Waals surface area contributed by atoms with Crippen molar-refractivity contribution < 1.29 is 28.5 Å². The van der Waals surface area contributed by atoms with E-state index < -0.39 is 18.7 Å². The highest BCUT2D eigenvalue weighted by atomic mass is 19.3. The molecule has 0 fully saturated rings. The second-order valence-corrected chi connectivity index (χ2v) is 5.06. The molecule has 2 aromatic carbocycles. The van der Waals surface area contributed by atoms with Gasteiger partial charge >= 0.3 is 12.6 Å². The first-order chi connectivity index (χ1) is 10.9. The zero-order valence-corrected chi connectivity index (χ0v) is 12.4. The standard InChI is InChI=1S/C17H16F2O4/c1-10(20)12-7-5-11(6-8-12)9-14-13(16(21)22)3-2-4-15(14)23-17(18)19/h2-8,10,17,20H,9H2,1H3,(H,21,22)/t10-/m0/s1. The van der Waals surface area contributed by atoms with Crippen LogP contribution >= 0.6 is 0 Å². The van der Waals surface area contributed by atoms with Crippen LogP contribution in [0, 0.1) is 0 Å². The molecule has 122 valence electrons. The number of carbonyl (C=O) groups is 1. The average Bonchev–Trinajstić information content (AvgIpc) is 2.48. The molecule has 0 aliphatic carbocycles. The summed E-state index contributed by atoms with van der Waals surface area (Å²) in [5, 5.41) is 18.7. The smallest absolute Gasteiger partial charge is 0.387 e. The molecule has 2 N–H and O–H groups in total. The Labute approximate surface area is 132 Å². The van der Waals surface area contributed by atoms with Gasteiger partial charge in [-0.1, -0.05) is 30.3 Å². The number of halogens is 2. The molecule has 0 unspecified atom stereocenters. The van der Waals surface area contributed by atoms with Gasteiger partial charge in [-0.3, -0.25) is 0 Å². The SMILES string of the molecule is C[C@H](O)c1ccc(Cc2c(OC(F)F)cccc2C(=O)O)cc1. The predicted octanol–water partition coefficient (Wildman–Crippen LogP) is 3.63. The van der Waals surface area contributed by atoms with E-state index in [1.54, 1.807) is 31.2 Å². The minimum atomic E-state index is -3.03. The van der Waals surface area contributed by atoms with Crippen LogP contribution < -0.4 is 4.74 Å². The number of aliphatic hydroxyl groups excluding tert-OH is 1. The van der Waals surface area contributed by atoms with Crippen LogP contribution in [-0.2, 0) is 6.42 Å². The van der Waals surface area contributed by atoms with Crippen molar-refractivity contribution in [1.29, 1.82) is 0 Å². The highest BCUT2D eigenvalue weighted by Crippen LogP contribution is 2.27. The predicted molar refractivity (Wildman–Crippen MR) is 79.9 cm³/mol. The van der Waals surface area contributed by atoms with E-state index in [9.17, 15) is 23.8 Å². The fraction of sp³-hybridized carbons (Fsp3) is 0.235. The van der Waals surface area contributed by atoms with Gasteiger partial charge in [-0.05, 0) is 30.2 Å². The first kappa shape index (κ1) is 16.9. The number of aromatic carboxylic acids is 1. The van der Waals surface area contributed by atoms with Crippen molar-refractivity contribution in [2.75, 3.05) is 0 Å². The number of rotatable bonds is 6. The Balaban J connectivity index is 2.38. The summed E-state index contributed by atoms with van der Waals surface area (Å²) in [6.45, 7) is -1.40. The summed E-state index contributed by atoms with van der Waals surface area (Å²) >= 11 is 0. The Kier molecular flexibility index (Phi) is 5.28. The Bertz CT molecular complexity index is 681. The lowest BCUT2D eigenvalue weighted by atomic mass is 9.97. The Morgan fingerprint density at radius 2 is 1.83 bits per heavy atom. The zero-order chi connectivity index (χ0) is 17.0. The highest BCUT2D eigenvalue weighted by molar-refractivity contribution is 5.90. The van der Waals surface area contributed by atoms with Gasteiger partial charge in [-0.15, -0.1) is 0 Å². The Morgan fingerprint density at radius 3 is 2.35 bits per heavy atom. The molecule has 0 aliphatic rings. The molecule has 0 aliphatic heterocycles. The van der Waals surface area contributed by atoms with Crippen LogP contribution in [-0.4, -0.2) is 22.8 Å². The van der Waals surface area contributed by atoms with Crippen molar-refractivity contribution in [2.45, 2.75) is 26.1 Å². The largest absolute Gasteiger partial charge is 0.478 e. The summed E-state index contributed by atoms with van der Waals surface area (Å²) in [6.07, 6.45) is -0.488. The van der Waals surface area contributed by atoms with Gasteiger partial charge in [0.2, 0.25) is 0 Å². The fourth-order valence-electron chi connectivity index (χ4n) is 2.27. The summed E-state index contributed by atoms with van der Waals surface area (Å²) in [5.74, 6) is -1.36. The molecule has 2 rings (SSSR count). The number of benzene rings is 2. The maximum atomic E-state index is 12.5. The van der Waals surface area contributed by atoms with Gasteiger partial charge in [0.25, 0.3) is 0 Å². The molecule has 4 nitrogen and oxygen atoms in total. The highest BCUT2D eigenvalue weighted by Gasteiger charge is 2.18. The number of alkyl halides is 2. The van der Waals surface area contributed by atoms with E-state index in [0.29, 0.717) is 5.56 Å². The van der Waals surface area contributed by atoms with Crippen molar-refractivity contribution in [2.24, 2.45) is 0 Å². The minimum Gasteiger partial charge on any atom is -0.478 e. The van der Waals surface area contributed by atoms with Gasteiger partial charge < -0.3 is 14.9 Å². The molecule has 0 saturated carbocycles. The molecular weight excluding hydrogens is 306 g/mol. The number of carboxylic acids is 1. The third-order valence-corrected chi connectivity index (χ3v) is 3.42. The fourth-order valence-corrected chi connectivity index (χ4v) is 2.27. The summed E-state index contributed by atoms with van der Waals surface area (Å²) < 4.78 is 29.5. The van der Waals surface area contributed by atoms with E-state index in [1.807, 2.05) is 0 Å². The van der Waals surface area contributed by atoms with E-state index in [2.05, 4.69) is 4.74 Å². The van der Waals surface area contributed by atoms with E-state index in [4.69, 9.17) is 0 Å². The summed E-state index contributed by atoms with van der Waals surface area (Å²) in [6, 6.07) is 10.9. The maximum Gasteiger partial charge on any atom is 0.387 e. The van der Waals surface area contributed by atoms with Crippen molar-refractivity contribution >= 4 is 5.97 Å². The summed E-state index contributed by atoms with van der Waals surface area (Å²) in [4.78, 5) is 11.3. The molecule has 6 heteroatoms. The molecular formula is C17H16F2O4. The number of hydrogen-bond acceptors (Lipinski definition) is 3. The Morgan fingerprint density at radius 1 is 1.17 bits per heavy atom. The quantitative estimate of drug-likeness (QED) is 0.852. The second-order valence-electron chi connectivity index (χ2n) is 5.06. The van der Waals surface area contributed by atoms with E-state index in [-0.39, 0.29) is 23.3 Å². The molecule has 1 atom stereocenters. The zero-order valence-electron chi connectivity index (χ0n) is 12.4. The average molecular weight is 322 g/mol. The van der Waals surface area contributed by atoms with Gasteiger partial charge in [0.1, 0.15) is 5.75 Å². The molecule has 0 saturated heterocycles. The summed E-state index contributed by atoms with van der Waals surface area (Å²) in [5.41, 5.74) is 1.54. The van der Waals surface area contributed by atoms with Crippen molar-refractivity contribution in [3.05, 3.63) is 64.7 Å². The second kappa shape index (κ2) is 7.19. The lowest BCUT2D eigenvalue weighted by Gasteiger charge is -2.14. The maximum absolute atomic E-state index is 12.5. The molecule has 0 bridgehead atoms. The van der Waals surface area contributed by atoms with Crippen LogP contribution in [0.5, 0.6) is 5.75 Å². The van der Waals surface area contributed by atoms with E-state index in [1.165, 1.54) is 18.2 Å². The first-order valence-electron chi connectivity index (χ1n) is 6.95. The molecule has 0 aromatic heterocycles. The lowest BCUT2D eigenvalue weighted by molar-refractivity contribution is -0.0504. The van der Waals surface area contributed by atoms with Crippen LogP contribution in [0.3, 0.4) is 0 Å². The third kappa shape index (κ3) is 4.26. The van der Waals surface area contributed by atoms with Crippen LogP contribution in [0.2, 0.25) is 0 Å².